The van der Waals surface area contributed by atoms with E-state index in [4.69, 9.17) is 0 Å². The normalized spacial score (nSPS) is 10.6. The standard InChI is InChI=1S/C23H24N2O4/c1-3-13-24-23(29)18-9-6-7-17(14-18)11-12-21(27)16(2)22(28)25-20-10-5-4-8-19(20)15-26/h4-12,14,26H,2-3,13,15H2,1H3,(H,24,29)(H,25,28)/b12-11+. The third-order valence-electron chi connectivity index (χ3n) is 4.12. The molecule has 0 aromatic heterocycles. The number of carbonyl (C=O) groups is 3. The van der Waals surface area contributed by atoms with Gasteiger partial charge in [0.1, 0.15) is 0 Å². The Hall–Kier alpha value is -3.51. The molecule has 3 N–H and O–H groups in total. The van der Waals surface area contributed by atoms with Crippen molar-refractivity contribution in [2.75, 3.05) is 11.9 Å². The molecule has 0 saturated carbocycles. The summed E-state index contributed by atoms with van der Waals surface area (Å²) in [4.78, 5) is 36.6. The molecule has 0 saturated heterocycles. The van der Waals surface area contributed by atoms with Crippen LogP contribution in [0.4, 0.5) is 5.69 Å². The van der Waals surface area contributed by atoms with Crippen LogP contribution >= 0.6 is 0 Å². The fourth-order valence-corrected chi connectivity index (χ4v) is 2.49. The Morgan fingerprint density at radius 1 is 1.10 bits per heavy atom. The smallest absolute Gasteiger partial charge is 0.259 e. The first kappa shape index (κ1) is 21.8. The summed E-state index contributed by atoms with van der Waals surface area (Å²) in [6.45, 7) is 5.88. The van der Waals surface area contributed by atoms with E-state index in [9.17, 15) is 19.5 Å². The molecular formula is C23H24N2O4. The first-order chi connectivity index (χ1) is 14.0. The number of carbonyl (C=O) groups excluding carboxylic acids is 3. The number of benzene rings is 2. The number of anilines is 1. The fourth-order valence-electron chi connectivity index (χ4n) is 2.49. The van der Waals surface area contributed by atoms with E-state index in [0.29, 0.717) is 28.9 Å². The number of hydrogen-bond donors (Lipinski definition) is 3. The van der Waals surface area contributed by atoms with Crippen LogP contribution in [0, 0.1) is 0 Å². The number of aliphatic hydroxyl groups excluding tert-OH is 1. The zero-order valence-corrected chi connectivity index (χ0v) is 16.3. The van der Waals surface area contributed by atoms with Crippen molar-refractivity contribution < 1.29 is 19.5 Å². The van der Waals surface area contributed by atoms with E-state index >= 15 is 0 Å². The Labute approximate surface area is 170 Å². The molecule has 2 rings (SSSR count). The van der Waals surface area contributed by atoms with Gasteiger partial charge in [0, 0.05) is 23.4 Å². The number of aliphatic hydroxyl groups is 1. The van der Waals surface area contributed by atoms with Gasteiger partial charge in [0.2, 0.25) is 0 Å². The Bertz CT molecular complexity index is 947. The quantitative estimate of drug-likeness (QED) is 0.347. The summed E-state index contributed by atoms with van der Waals surface area (Å²) in [6.07, 6.45) is 3.61. The second-order valence-corrected chi connectivity index (χ2v) is 6.33. The number of para-hydroxylation sites is 1. The topological polar surface area (TPSA) is 95.5 Å². The van der Waals surface area contributed by atoms with Crippen molar-refractivity contribution in [3.05, 3.63) is 83.4 Å². The highest BCUT2D eigenvalue weighted by molar-refractivity contribution is 6.27. The lowest BCUT2D eigenvalue weighted by molar-refractivity contribution is -0.117. The monoisotopic (exact) mass is 392 g/mol. The number of ketones is 1. The molecule has 0 aliphatic carbocycles. The van der Waals surface area contributed by atoms with E-state index in [-0.39, 0.29) is 18.1 Å². The molecule has 0 heterocycles. The summed E-state index contributed by atoms with van der Waals surface area (Å²) in [6, 6.07) is 13.6. The van der Waals surface area contributed by atoms with Gasteiger partial charge in [0.25, 0.3) is 11.8 Å². The van der Waals surface area contributed by atoms with Gasteiger partial charge < -0.3 is 15.7 Å². The summed E-state index contributed by atoms with van der Waals surface area (Å²) in [5, 5.41) is 14.7. The van der Waals surface area contributed by atoms with Gasteiger partial charge in [0.05, 0.1) is 12.2 Å². The third kappa shape index (κ3) is 6.26. The van der Waals surface area contributed by atoms with Gasteiger partial charge in [-0.2, -0.15) is 0 Å². The summed E-state index contributed by atoms with van der Waals surface area (Å²) in [5.41, 5.74) is 1.87. The molecule has 0 radical (unpaired) electrons. The van der Waals surface area contributed by atoms with Crippen LogP contribution in [0.25, 0.3) is 6.08 Å². The maximum absolute atomic E-state index is 12.3. The molecule has 0 aliphatic heterocycles. The lowest BCUT2D eigenvalue weighted by atomic mass is 10.1. The number of allylic oxidation sites excluding steroid dienone is 1. The number of amides is 2. The van der Waals surface area contributed by atoms with E-state index < -0.39 is 11.7 Å². The van der Waals surface area contributed by atoms with Gasteiger partial charge in [-0.25, -0.2) is 0 Å². The highest BCUT2D eigenvalue weighted by atomic mass is 16.3. The maximum Gasteiger partial charge on any atom is 0.259 e. The van der Waals surface area contributed by atoms with Crippen LogP contribution in [-0.4, -0.2) is 29.2 Å². The molecular weight excluding hydrogens is 368 g/mol. The Morgan fingerprint density at radius 3 is 2.59 bits per heavy atom. The van der Waals surface area contributed by atoms with Crippen LogP contribution in [-0.2, 0) is 16.2 Å². The lowest BCUT2D eigenvalue weighted by Gasteiger charge is -2.09. The van der Waals surface area contributed by atoms with Crippen LogP contribution in [0.1, 0.15) is 34.8 Å². The van der Waals surface area contributed by atoms with Crippen LogP contribution < -0.4 is 10.6 Å². The van der Waals surface area contributed by atoms with Crippen LogP contribution in [0.2, 0.25) is 0 Å². The van der Waals surface area contributed by atoms with Crippen molar-refractivity contribution in [3.63, 3.8) is 0 Å². The molecule has 0 spiro atoms. The minimum absolute atomic E-state index is 0.181. The van der Waals surface area contributed by atoms with E-state index in [1.165, 1.54) is 12.2 Å². The van der Waals surface area contributed by atoms with Crippen molar-refractivity contribution in [1.82, 2.24) is 5.32 Å². The third-order valence-corrected chi connectivity index (χ3v) is 4.12. The number of nitrogens with one attached hydrogen (secondary N) is 2. The van der Waals surface area contributed by atoms with Gasteiger partial charge >= 0.3 is 0 Å². The van der Waals surface area contributed by atoms with Gasteiger partial charge in [-0.05, 0) is 36.3 Å². The van der Waals surface area contributed by atoms with E-state index in [2.05, 4.69) is 17.2 Å². The highest BCUT2D eigenvalue weighted by Crippen LogP contribution is 2.16. The zero-order valence-electron chi connectivity index (χ0n) is 16.3. The molecule has 2 amide bonds. The molecule has 0 aliphatic rings. The molecule has 150 valence electrons. The predicted molar refractivity (Wildman–Crippen MR) is 113 cm³/mol. The summed E-state index contributed by atoms with van der Waals surface area (Å²) >= 11 is 0. The predicted octanol–water partition coefficient (Wildman–Crippen LogP) is 3.10. The first-order valence-corrected chi connectivity index (χ1v) is 9.26. The van der Waals surface area contributed by atoms with Crippen molar-refractivity contribution in [1.29, 1.82) is 0 Å². The Kier molecular flexibility index (Phi) is 8.06. The molecule has 2 aromatic rings. The highest BCUT2D eigenvalue weighted by Gasteiger charge is 2.15. The first-order valence-electron chi connectivity index (χ1n) is 9.26. The maximum atomic E-state index is 12.3. The molecule has 0 atom stereocenters. The van der Waals surface area contributed by atoms with E-state index in [1.54, 1.807) is 48.5 Å². The average molecular weight is 392 g/mol. The molecule has 6 nitrogen and oxygen atoms in total. The lowest BCUT2D eigenvalue weighted by Crippen LogP contribution is -2.23. The summed E-state index contributed by atoms with van der Waals surface area (Å²) in [5.74, 6) is -1.38. The second kappa shape index (κ2) is 10.7. The molecule has 0 bridgehead atoms. The molecule has 2 aromatic carbocycles. The molecule has 29 heavy (non-hydrogen) atoms. The van der Waals surface area contributed by atoms with Gasteiger partial charge in [0.15, 0.2) is 5.78 Å². The van der Waals surface area contributed by atoms with E-state index in [1.807, 2.05) is 6.92 Å². The Balaban J connectivity index is 2.03. The number of hydrogen-bond acceptors (Lipinski definition) is 4. The van der Waals surface area contributed by atoms with Crippen LogP contribution in [0.5, 0.6) is 0 Å². The van der Waals surface area contributed by atoms with Crippen molar-refractivity contribution in [3.8, 4) is 0 Å². The number of rotatable bonds is 9. The largest absolute Gasteiger partial charge is 0.392 e. The second-order valence-electron chi connectivity index (χ2n) is 6.33. The SMILES string of the molecule is C=C(C(=O)/C=C/c1cccc(C(=O)NCCC)c1)C(=O)Nc1ccccc1CO. The summed E-state index contributed by atoms with van der Waals surface area (Å²) in [7, 11) is 0. The molecule has 6 heteroatoms. The van der Waals surface area contributed by atoms with Crippen molar-refractivity contribution in [2.24, 2.45) is 0 Å². The Morgan fingerprint density at radius 2 is 1.86 bits per heavy atom. The van der Waals surface area contributed by atoms with E-state index in [0.717, 1.165) is 6.42 Å². The average Bonchev–Trinajstić information content (AvgIpc) is 2.75. The minimum Gasteiger partial charge on any atom is -0.392 e. The van der Waals surface area contributed by atoms with Crippen LogP contribution in [0.3, 0.4) is 0 Å². The van der Waals surface area contributed by atoms with Crippen molar-refractivity contribution in [2.45, 2.75) is 20.0 Å². The molecule has 0 fully saturated rings. The van der Waals surface area contributed by atoms with Gasteiger partial charge in [-0.3, -0.25) is 14.4 Å². The van der Waals surface area contributed by atoms with Gasteiger partial charge in [-0.1, -0.05) is 49.9 Å². The summed E-state index contributed by atoms with van der Waals surface area (Å²) < 4.78 is 0. The fraction of sp³-hybridized carbons (Fsp3) is 0.174. The van der Waals surface area contributed by atoms with Crippen LogP contribution in [0.15, 0.2) is 66.8 Å². The zero-order chi connectivity index (χ0) is 21.2. The van der Waals surface area contributed by atoms with Crippen molar-refractivity contribution >= 4 is 29.4 Å². The minimum atomic E-state index is -0.645. The molecule has 0 unspecified atom stereocenters. The van der Waals surface area contributed by atoms with Gasteiger partial charge in [-0.15, -0.1) is 0 Å².